The van der Waals surface area contributed by atoms with Gasteiger partial charge in [0.15, 0.2) is 0 Å². The van der Waals surface area contributed by atoms with Gasteiger partial charge in [0.1, 0.15) is 0 Å². The molecular weight excluding hydrogens is 300 g/mol. The van der Waals surface area contributed by atoms with Gasteiger partial charge in [0.05, 0.1) is 5.56 Å². The number of fused-ring (bicyclic) bond motifs is 3. The van der Waals surface area contributed by atoms with Gasteiger partial charge < -0.3 is 15.7 Å². The van der Waals surface area contributed by atoms with Crippen molar-refractivity contribution >= 4 is 11.7 Å². The van der Waals surface area contributed by atoms with Crippen LogP contribution in [0.4, 0.5) is 5.69 Å². The zero-order chi connectivity index (χ0) is 16.7. The van der Waals surface area contributed by atoms with Crippen LogP contribution in [0.3, 0.4) is 0 Å². The number of nitrogens with one attached hydrogen (secondary N) is 2. The van der Waals surface area contributed by atoms with Crippen LogP contribution in [-0.4, -0.2) is 29.7 Å². The summed E-state index contributed by atoms with van der Waals surface area (Å²) in [7, 11) is 0. The van der Waals surface area contributed by atoms with Crippen molar-refractivity contribution in [1.29, 1.82) is 0 Å². The smallest absolute Gasteiger partial charge is 0.335 e. The number of carbonyl (C=O) groups is 1. The summed E-state index contributed by atoms with van der Waals surface area (Å²) in [5, 5.41) is 16.8. The van der Waals surface area contributed by atoms with E-state index in [-0.39, 0.29) is 6.04 Å². The number of hydrogen-bond acceptors (Lipinski definition) is 3. The van der Waals surface area contributed by atoms with Gasteiger partial charge in [-0.05, 0) is 55.1 Å². The lowest BCUT2D eigenvalue weighted by atomic mass is 9.81. The molecular formula is C20H22N2O2. The van der Waals surface area contributed by atoms with E-state index < -0.39 is 5.97 Å². The van der Waals surface area contributed by atoms with E-state index in [0.717, 1.165) is 30.5 Å². The normalized spacial score (nSPS) is 24.8. The number of benzene rings is 2. The van der Waals surface area contributed by atoms with Crippen molar-refractivity contribution in [3.63, 3.8) is 0 Å². The van der Waals surface area contributed by atoms with Gasteiger partial charge in [-0.3, -0.25) is 0 Å². The summed E-state index contributed by atoms with van der Waals surface area (Å²) in [5.41, 5.74) is 5.05. The molecule has 124 valence electrons. The zero-order valence-electron chi connectivity index (χ0n) is 13.8. The lowest BCUT2D eigenvalue weighted by Gasteiger charge is -2.35. The Bertz CT molecular complexity index is 787. The third-order valence-corrected chi connectivity index (χ3v) is 5.48. The Labute approximate surface area is 141 Å². The molecule has 3 atom stereocenters. The van der Waals surface area contributed by atoms with Gasteiger partial charge in [-0.1, -0.05) is 30.3 Å². The number of anilines is 1. The molecule has 1 fully saturated rings. The molecule has 4 rings (SSSR count). The van der Waals surface area contributed by atoms with Crippen molar-refractivity contribution in [3.05, 3.63) is 64.7 Å². The highest BCUT2D eigenvalue weighted by Gasteiger charge is 2.39. The first-order valence-corrected chi connectivity index (χ1v) is 8.56. The highest BCUT2D eigenvalue weighted by atomic mass is 16.4. The molecule has 2 heterocycles. The average molecular weight is 322 g/mol. The highest BCUT2D eigenvalue weighted by molar-refractivity contribution is 5.89. The van der Waals surface area contributed by atoms with E-state index >= 15 is 0 Å². The summed E-state index contributed by atoms with van der Waals surface area (Å²) < 4.78 is 0. The summed E-state index contributed by atoms with van der Waals surface area (Å²) in [6.07, 6.45) is 1.85. The van der Waals surface area contributed by atoms with Crippen molar-refractivity contribution in [1.82, 2.24) is 5.32 Å². The maximum atomic E-state index is 11.6. The summed E-state index contributed by atoms with van der Waals surface area (Å²) in [6.45, 7) is 2.97. The topological polar surface area (TPSA) is 61.4 Å². The van der Waals surface area contributed by atoms with E-state index in [1.807, 2.05) is 19.1 Å². The van der Waals surface area contributed by atoms with Gasteiger partial charge >= 0.3 is 5.97 Å². The van der Waals surface area contributed by atoms with E-state index in [1.165, 1.54) is 11.3 Å². The van der Waals surface area contributed by atoms with Crippen molar-refractivity contribution in [3.8, 4) is 0 Å². The van der Waals surface area contributed by atoms with Crippen LogP contribution in [0, 0.1) is 6.92 Å². The third-order valence-electron chi connectivity index (χ3n) is 5.48. The first-order chi connectivity index (χ1) is 11.6. The summed E-state index contributed by atoms with van der Waals surface area (Å²) in [4.78, 5) is 11.6. The number of piperidine rings is 1. The molecule has 2 aliphatic rings. The number of hydrogen-bond donors (Lipinski definition) is 3. The van der Waals surface area contributed by atoms with Crippen LogP contribution in [-0.2, 0) is 6.42 Å². The lowest BCUT2D eigenvalue weighted by Crippen LogP contribution is -2.51. The molecule has 4 heteroatoms. The first-order valence-electron chi connectivity index (χ1n) is 8.56. The Morgan fingerprint density at radius 1 is 1.21 bits per heavy atom. The van der Waals surface area contributed by atoms with Crippen LogP contribution in [0.15, 0.2) is 42.5 Å². The molecule has 0 aromatic heterocycles. The fraction of sp³-hybridized carbons (Fsp3) is 0.350. The van der Waals surface area contributed by atoms with Gasteiger partial charge in [-0.15, -0.1) is 0 Å². The van der Waals surface area contributed by atoms with E-state index in [0.29, 0.717) is 17.5 Å². The highest BCUT2D eigenvalue weighted by Crippen LogP contribution is 2.41. The molecule has 0 bridgehead atoms. The standard InChI is InChI=1S/C20H22N2O2/c1-12-5-4-7-15(20(23)24)16(12)11-18-19-14(9-10-21-18)13-6-2-3-8-17(13)22-19/h2-8,14,18-19,21-22H,9-11H2,1H3,(H,23,24)/t14-,18+,19-/m1/s1. The minimum Gasteiger partial charge on any atom is -0.478 e. The molecule has 0 aliphatic carbocycles. The van der Waals surface area contributed by atoms with Crippen molar-refractivity contribution in [2.24, 2.45) is 0 Å². The Morgan fingerprint density at radius 3 is 2.88 bits per heavy atom. The lowest BCUT2D eigenvalue weighted by molar-refractivity contribution is 0.0695. The van der Waals surface area contributed by atoms with E-state index in [4.69, 9.17) is 0 Å². The molecule has 24 heavy (non-hydrogen) atoms. The molecule has 2 aromatic rings. The van der Waals surface area contributed by atoms with Crippen LogP contribution in [0.5, 0.6) is 0 Å². The number of carboxylic acids is 1. The van der Waals surface area contributed by atoms with E-state index in [2.05, 4.69) is 34.9 Å². The molecule has 0 spiro atoms. The Morgan fingerprint density at radius 2 is 2.04 bits per heavy atom. The van der Waals surface area contributed by atoms with Crippen molar-refractivity contribution < 1.29 is 9.90 Å². The SMILES string of the molecule is Cc1cccc(C(=O)O)c1C[C@@H]1NCC[C@@H]2c3ccccc3N[C@@H]12. The second-order valence-electron chi connectivity index (χ2n) is 6.82. The second kappa shape index (κ2) is 5.95. The number of para-hydroxylation sites is 1. The van der Waals surface area contributed by atoms with Crippen LogP contribution in [0.2, 0.25) is 0 Å². The maximum absolute atomic E-state index is 11.6. The van der Waals surface area contributed by atoms with Gasteiger partial charge in [0.25, 0.3) is 0 Å². The molecule has 0 radical (unpaired) electrons. The number of aryl methyl sites for hydroxylation is 1. The Hall–Kier alpha value is -2.33. The van der Waals surface area contributed by atoms with Gasteiger partial charge in [0, 0.05) is 23.7 Å². The summed E-state index contributed by atoms with van der Waals surface area (Å²) in [6, 6.07) is 14.6. The largest absolute Gasteiger partial charge is 0.478 e. The molecule has 3 N–H and O–H groups in total. The first kappa shape index (κ1) is 15.2. The quantitative estimate of drug-likeness (QED) is 0.812. The summed E-state index contributed by atoms with van der Waals surface area (Å²) in [5.74, 6) is -0.339. The minimum absolute atomic E-state index is 0.232. The fourth-order valence-electron chi connectivity index (χ4n) is 4.29. The molecule has 0 unspecified atom stereocenters. The van der Waals surface area contributed by atoms with Crippen LogP contribution < -0.4 is 10.6 Å². The zero-order valence-corrected chi connectivity index (χ0v) is 13.8. The number of carboxylic acid groups (broad SMARTS) is 1. The summed E-state index contributed by atoms with van der Waals surface area (Å²) >= 11 is 0. The Balaban J connectivity index is 1.64. The number of aromatic carboxylic acids is 1. The molecule has 4 nitrogen and oxygen atoms in total. The second-order valence-corrected chi connectivity index (χ2v) is 6.82. The molecule has 2 aromatic carbocycles. The minimum atomic E-state index is -0.844. The molecule has 0 saturated carbocycles. The average Bonchev–Trinajstić information content (AvgIpc) is 2.96. The van der Waals surface area contributed by atoms with Gasteiger partial charge in [-0.25, -0.2) is 4.79 Å². The fourth-order valence-corrected chi connectivity index (χ4v) is 4.29. The molecule has 0 amide bonds. The monoisotopic (exact) mass is 322 g/mol. The van der Waals surface area contributed by atoms with Crippen LogP contribution in [0.1, 0.15) is 39.4 Å². The van der Waals surface area contributed by atoms with E-state index in [1.54, 1.807) is 6.07 Å². The van der Waals surface area contributed by atoms with Gasteiger partial charge in [0.2, 0.25) is 0 Å². The van der Waals surface area contributed by atoms with Crippen molar-refractivity contribution in [2.75, 3.05) is 11.9 Å². The predicted octanol–water partition coefficient (Wildman–Crippen LogP) is 3.18. The number of rotatable bonds is 3. The van der Waals surface area contributed by atoms with E-state index in [9.17, 15) is 9.90 Å². The molecule has 2 aliphatic heterocycles. The maximum Gasteiger partial charge on any atom is 0.335 e. The van der Waals surface area contributed by atoms with Crippen LogP contribution in [0.25, 0.3) is 0 Å². The predicted molar refractivity (Wildman–Crippen MR) is 94.8 cm³/mol. The van der Waals surface area contributed by atoms with Crippen LogP contribution >= 0.6 is 0 Å². The Kier molecular flexibility index (Phi) is 3.77. The van der Waals surface area contributed by atoms with Gasteiger partial charge in [-0.2, -0.15) is 0 Å². The third kappa shape index (κ3) is 2.47. The molecule has 1 saturated heterocycles. The van der Waals surface area contributed by atoms with Crippen molar-refractivity contribution in [2.45, 2.75) is 37.8 Å².